The van der Waals surface area contributed by atoms with Gasteiger partial charge in [-0.25, -0.2) is 9.78 Å². The van der Waals surface area contributed by atoms with Gasteiger partial charge in [0.05, 0.1) is 23.8 Å². The van der Waals surface area contributed by atoms with Gasteiger partial charge in [-0.1, -0.05) is 30.2 Å². The molecule has 1 amide bonds. The zero-order valence-electron chi connectivity index (χ0n) is 18.6. The minimum absolute atomic E-state index is 0.174. The summed E-state index contributed by atoms with van der Waals surface area (Å²) < 4.78 is 11.7. The minimum Gasteiger partial charge on any atom is -0.444 e. The minimum atomic E-state index is -0.482. The number of carbonyl (C=O) groups excluding carboxylic acids is 1. The lowest BCUT2D eigenvalue weighted by atomic mass is 9.94. The van der Waals surface area contributed by atoms with Crippen molar-refractivity contribution in [2.75, 3.05) is 13.1 Å². The molecule has 7 heteroatoms. The van der Waals surface area contributed by atoms with Gasteiger partial charge in [0, 0.05) is 18.2 Å². The molecule has 0 spiro atoms. The summed E-state index contributed by atoms with van der Waals surface area (Å²) in [6, 6.07) is 8.10. The molecule has 2 fully saturated rings. The van der Waals surface area contributed by atoms with Crippen LogP contribution in [0.4, 0.5) is 4.79 Å². The van der Waals surface area contributed by atoms with Crippen LogP contribution in [0.2, 0.25) is 5.02 Å². The molecule has 2 aromatic rings. The number of oxazole rings is 1. The van der Waals surface area contributed by atoms with Gasteiger partial charge in [-0.3, -0.25) is 4.90 Å². The number of ether oxygens (including phenoxy) is 1. The Morgan fingerprint density at radius 2 is 1.94 bits per heavy atom. The number of aromatic nitrogens is 1. The van der Waals surface area contributed by atoms with Crippen molar-refractivity contribution in [1.29, 1.82) is 0 Å². The Morgan fingerprint density at radius 1 is 1.16 bits per heavy atom. The number of hydrogen-bond acceptors (Lipinski definition) is 5. The summed E-state index contributed by atoms with van der Waals surface area (Å²) >= 11 is 6.31. The van der Waals surface area contributed by atoms with Gasteiger partial charge in [0.2, 0.25) is 5.89 Å². The first-order valence-electron chi connectivity index (χ1n) is 11.2. The highest BCUT2D eigenvalue weighted by Gasteiger charge is 2.40. The standard InChI is InChI=1S/C24H32ClN3O3/c1-24(2,3)31-23(29)28-14-8-12-20(28)19-11-6-7-13-27(19)16-22-26-15-21(30-22)17-9-4-5-10-18(17)25/h4-5,9-10,15,19-20H,6-8,11-14,16H2,1-3H3/t19-,20+/m0/s1. The number of likely N-dealkylation sites (tertiary alicyclic amines) is 2. The van der Waals surface area contributed by atoms with E-state index in [4.69, 9.17) is 20.8 Å². The summed E-state index contributed by atoms with van der Waals surface area (Å²) in [6.07, 6.45) is 6.97. The lowest BCUT2D eigenvalue weighted by Gasteiger charge is -2.41. The highest BCUT2D eigenvalue weighted by molar-refractivity contribution is 6.33. The number of nitrogens with zero attached hydrogens (tertiary/aromatic N) is 3. The van der Waals surface area contributed by atoms with E-state index < -0.39 is 5.60 Å². The number of rotatable bonds is 4. The second kappa shape index (κ2) is 9.21. The fourth-order valence-corrected chi connectivity index (χ4v) is 4.96. The molecule has 0 radical (unpaired) electrons. The number of amides is 1. The lowest BCUT2D eigenvalue weighted by Crippen LogP contribution is -2.53. The van der Waals surface area contributed by atoms with E-state index >= 15 is 0 Å². The SMILES string of the molecule is CC(C)(C)OC(=O)N1CCC[C@@H]1[C@@H]1CCCCN1Cc1ncc(-c2ccccc2Cl)o1. The first-order chi connectivity index (χ1) is 14.8. The molecule has 0 unspecified atom stereocenters. The van der Waals surface area contributed by atoms with Crippen LogP contribution in [0.3, 0.4) is 0 Å². The third-order valence-corrected chi connectivity index (χ3v) is 6.40. The van der Waals surface area contributed by atoms with Crippen LogP contribution in [-0.4, -0.2) is 51.7 Å². The summed E-state index contributed by atoms with van der Waals surface area (Å²) in [5.74, 6) is 1.37. The monoisotopic (exact) mass is 445 g/mol. The van der Waals surface area contributed by atoms with Gasteiger partial charge >= 0.3 is 6.09 Å². The maximum Gasteiger partial charge on any atom is 0.410 e. The summed E-state index contributed by atoms with van der Waals surface area (Å²) in [5.41, 5.74) is 0.369. The Kier molecular flexibility index (Phi) is 6.58. The van der Waals surface area contributed by atoms with Gasteiger partial charge in [-0.15, -0.1) is 0 Å². The molecule has 0 aliphatic carbocycles. The van der Waals surface area contributed by atoms with Crippen molar-refractivity contribution in [3.8, 4) is 11.3 Å². The maximum atomic E-state index is 12.8. The first kappa shape index (κ1) is 22.2. The van der Waals surface area contributed by atoms with E-state index in [1.165, 1.54) is 6.42 Å². The van der Waals surface area contributed by atoms with Crippen LogP contribution in [0, 0.1) is 0 Å². The quantitative estimate of drug-likeness (QED) is 0.599. The van der Waals surface area contributed by atoms with E-state index in [0.717, 1.165) is 44.3 Å². The average molecular weight is 446 g/mol. The number of halogens is 1. The molecule has 0 bridgehead atoms. The number of piperidine rings is 1. The highest BCUT2D eigenvalue weighted by atomic mass is 35.5. The van der Waals surface area contributed by atoms with Crippen molar-refractivity contribution in [2.45, 2.75) is 77.1 Å². The second-order valence-electron chi connectivity index (χ2n) is 9.52. The fourth-order valence-electron chi connectivity index (χ4n) is 4.73. The van der Waals surface area contributed by atoms with E-state index in [0.29, 0.717) is 29.3 Å². The maximum absolute atomic E-state index is 12.8. The van der Waals surface area contributed by atoms with E-state index in [9.17, 15) is 4.79 Å². The van der Waals surface area contributed by atoms with Gasteiger partial charge < -0.3 is 14.1 Å². The van der Waals surface area contributed by atoms with Crippen molar-refractivity contribution in [2.24, 2.45) is 0 Å². The second-order valence-corrected chi connectivity index (χ2v) is 9.92. The van der Waals surface area contributed by atoms with Gasteiger partial charge in [-0.2, -0.15) is 0 Å². The Hall–Kier alpha value is -2.05. The first-order valence-corrected chi connectivity index (χ1v) is 11.6. The number of carbonyl (C=O) groups is 1. The highest BCUT2D eigenvalue weighted by Crippen LogP contribution is 2.33. The molecule has 31 heavy (non-hydrogen) atoms. The number of benzene rings is 1. The topological polar surface area (TPSA) is 58.8 Å². The van der Waals surface area contributed by atoms with Gasteiger partial charge in [-0.05, 0) is 65.1 Å². The molecule has 2 saturated heterocycles. The molecule has 1 aromatic heterocycles. The Bertz CT molecular complexity index is 907. The molecule has 2 aliphatic rings. The van der Waals surface area contributed by atoms with Crippen LogP contribution >= 0.6 is 11.6 Å². The molecule has 168 valence electrons. The smallest absolute Gasteiger partial charge is 0.410 e. The molecule has 6 nitrogen and oxygen atoms in total. The third kappa shape index (κ3) is 5.24. The van der Waals surface area contributed by atoms with Crippen molar-refractivity contribution >= 4 is 17.7 Å². The Labute approximate surface area is 189 Å². The normalized spacial score (nSPS) is 22.6. The number of hydrogen-bond donors (Lipinski definition) is 0. The summed E-state index contributed by atoms with van der Waals surface area (Å²) in [5, 5.41) is 0.653. The van der Waals surface area contributed by atoms with E-state index in [1.807, 2.05) is 49.9 Å². The van der Waals surface area contributed by atoms with Crippen LogP contribution < -0.4 is 0 Å². The van der Waals surface area contributed by atoms with Gasteiger partial charge in [0.15, 0.2) is 5.76 Å². The molecule has 0 N–H and O–H groups in total. The summed E-state index contributed by atoms with van der Waals surface area (Å²) in [7, 11) is 0. The Morgan fingerprint density at radius 3 is 2.71 bits per heavy atom. The molecule has 2 atom stereocenters. The van der Waals surface area contributed by atoms with Crippen molar-refractivity contribution in [3.05, 3.63) is 41.4 Å². The zero-order chi connectivity index (χ0) is 22.0. The van der Waals surface area contributed by atoms with E-state index in [-0.39, 0.29) is 12.1 Å². The molecule has 1 aromatic carbocycles. The van der Waals surface area contributed by atoms with E-state index in [1.54, 1.807) is 6.20 Å². The Balaban J connectivity index is 1.48. The lowest BCUT2D eigenvalue weighted by molar-refractivity contribution is 0.00541. The predicted octanol–water partition coefficient (Wildman–Crippen LogP) is 5.75. The molecule has 4 rings (SSSR count). The predicted molar refractivity (Wildman–Crippen MR) is 121 cm³/mol. The summed E-state index contributed by atoms with van der Waals surface area (Å²) in [6.45, 7) is 8.13. The average Bonchev–Trinajstić information content (AvgIpc) is 3.37. The van der Waals surface area contributed by atoms with Crippen LogP contribution in [0.25, 0.3) is 11.3 Å². The van der Waals surface area contributed by atoms with Crippen LogP contribution in [0.1, 0.15) is 58.8 Å². The van der Waals surface area contributed by atoms with Crippen molar-refractivity contribution < 1.29 is 13.9 Å². The largest absolute Gasteiger partial charge is 0.444 e. The third-order valence-electron chi connectivity index (χ3n) is 6.07. The molecule has 0 saturated carbocycles. The molecular formula is C24H32ClN3O3. The molecular weight excluding hydrogens is 414 g/mol. The van der Waals surface area contributed by atoms with Crippen molar-refractivity contribution in [3.63, 3.8) is 0 Å². The molecule has 3 heterocycles. The van der Waals surface area contributed by atoms with Crippen LogP contribution in [0.15, 0.2) is 34.9 Å². The summed E-state index contributed by atoms with van der Waals surface area (Å²) in [4.78, 5) is 21.7. The zero-order valence-corrected chi connectivity index (χ0v) is 19.4. The van der Waals surface area contributed by atoms with E-state index in [2.05, 4.69) is 9.88 Å². The van der Waals surface area contributed by atoms with Crippen LogP contribution in [0.5, 0.6) is 0 Å². The van der Waals surface area contributed by atoms with Gasteiger partial charge in [0.1, 0.15) is 5.60 Å². The molecule has 2 aliphatic heterocycles. The van der Waals surface area contributed by atoms with Gasteiger partial charge in [0.25, 0.3) is 0 Å². The van der Waals surface area contributed by atoms with Crippen LogP contribution in [-0.2, 0) is 11.3 Å². The fraction of sp³-hybridized carbons (Fsp3) is 0.583. The van der Waals surface area contributed by atoms with Crippen molar-refractivity contribution in [1.82, 2.24) is 14.8 Å².